The molecule has 3 aromatic rings. The Bertz CT molecular complexity index is 849. The lowest BCUT2D eigenvalue weighted by Gasteiger charge is -2.21. The summed E-state index contributed by atoms with van der Waals surface area (Å²) in [6.07, 6.45) is 7.30. The van der Waals surface area contributed by atoms with E-state index in [1.54, 1.807) is 16.3 Å². The lowest BCUT2D eigenvalue weighted by molar-refractivity contribution is -0.393. The largest absolute Gasteiger partial charge is 0.363 e. The molecule has 0 saturated heterocycles. The van der Waals surface area contributed by atoms with Gasteiger partial charge in [-0.3, -0.25) is 0 Å². The van der Waals surface area contributed by atoms with Gasteiger partial charge in [-0.05, 0) is 40.0 Å². The molecule has 4 rings (SSSR count). The maximum atomic E-state index is 11.4. The molecule has 0 atom stereocenters. The zero-order chi connectivity index (χ0) is 15.8. The normalized spacial score (nSPS) is 16.2. The Morgan fingerprint density at radius 3 is 2.96 bits per heavy atom. The van der Waals surface area contributed by atoms with Crippen molar-refractivity contribution in [2.75, 3.05) is 0 Å². The van der Waals surface area contributed by atoms with E-state index in [0.29, 0.717) is 15.1 Å². The van der Waals surface area contributed by atoms with Gasteiger partial charge in [-0.2, -0.15) is 9.38 Å². The summed E-state index contributed by atoms with van der Waals surface area (Å²) in [6.45, 7) is 0. The van der Waals surface area contributed by atoms with Crippen molar-refractivity contribution in [3.8, 4) is 0 Å². The molecule has 0 aliphatic heterocycles. The fourth-order valence-corrected chi connectivity index (χ4v) is 4.58. The minimum Gasteiger partial charge on any atom is -0.358 e. The van der Waals surface area contributed by atoms with Gasteiger partial charge in [0.05, 0.1) is 6.04 Å². The van der Waals surface area contributed by atoms with Crippen molar-refractivity contribution in [2.45, 2.75) is 48.3 Å². The van der Waals surface area contributed by atoms with E-state index in [2.05, 4.69) is 20.5 Å². The number of thiazole rings is 1. The molecule has 0 radical (unpaired) electrons. The molecule has 0 spiro atoms. The van der Waals surface area contributed by atoms with Crippen molar-refractivity contribution in [2.24, 2.45) is 0 Å². The Balaban J connectivity index is 1.69. The standard InChI is InChI=1S/C12H13N7O2S2/c20-19(21)10-9(13-11-17(10)6-7-22-11)23-12-14-15-16-18(12)8-4-2-1-3-5-8/h6-8H,1-5H2. The van der Waals surface area contributed by atoms with Crippen LogP contribution in [0.15, 0.2) is 21.8 Å². The second kappa shape index (κ2) is 5.89. The Hall–Kier alpha value is -2.01. The van der Waals surface area contributed by atoms with Crippen LogP contribution in [0.3, 0.4) is 0 Å². The van der Waals surface area contributed by atoms with Crippen LogP contribution in [-0.2, 0) is 0 Å². The quantitative estimate of drug-likeness (QED) is 0.525. The molecular formula is C12H13N7O2S2. The van der Waals surface area contributed by atoms with E-state index in [4.69, 9.17) is 0 Å². The van der Waals surface area contributed by atoms with Crippen molar-refractivity contribution in [1.82, 2.24) is 29.6 Å². The molecular weight excluding hydrogens is 338 g/mol. The lowest BCUT2D eigenvalue weighted by atomic mass is 9.96. The van der Waals surface area contributed by atoms with Crippen LogP contribution in [0.2, 0.25) is 0 Å². The van der Waals surface area contributed by atoms with Crippen molar-refractivity contribution >= 4 is 33.9 Å². The van der Waals surface area contributed by atoms with Gasteiger partial charge in [0.25, 0.3) is 4.96 Å². The average molecular weight is 351 g/mol. The van der Waals surface area contributed by atoms with Gasteiger partial charge in [0.2, 0.25) is 10.2 Å². The van der Waals surface area contributed by atoms with Gasteiger partial charge >= 0.3 is 5.82 Å². The van der Waals surface area contributed by atoms with Crippen molar-refractivity contribution in [3.05, 3.63) is 21.7 Å². The number of imidazole rings is 1. The number of tetrazole rings is 1. The number of nitro groups is 1. The van der Waals surface area contributed by atoms with E-state index >= 15 is 0 Å². The summed E-state index contributed by atoms with van der Waals surface area (Å²) in [5.74, 6) is -0.0376. The van der Waals surface area contributed by atoms with Crippen LogP contribution >= 0.6 is 23.1 Å². The molecule has 3 aromatic heterocycles. The number of fused-ring (bicyclic) bond motifs is 1. The molecule has 1 aliphatic carbocycles. The Morgan fingerprint density at radius 1 is 1.35 bits per heavy atom. The highest BCUT2D eigenvalue weighted by Crippen LogP contribution is 2.37. The first-order valence-corrected chi connectivity index (χ1v) is 8.99. The number of nitrogens with zero attached hydrogens (tertiary/aromatic N) is 7. The second-order valence-corrected chi connectivity index (χ2v) is 7.18. The molecule has 120 valence electrons. The highest BCUT2D eigenvalue weighted by Gasteiger charge is 2.28. The van der Waals surface area contributed by atoms with Crippen LogP contribution in [-0.4, -0.2) is 34.5 Å². The van der Waals surface area contributed by atoms with E-state index in [1.807, 2.05) is 0 Å². The monoisotopic (exact) mass is 351 g/mol. The maximum absolute atomic E-state index is 11.4. The van der Waals surface area contributed by atoms with Gasteiger partial charge in [0, 0.05) is 5.38 Å². The zero-order valence-electron chi connectivity index (χ0n) is 12.0. The third-order valence-corrected chi connectivity index (χ3v) is 5.63. The van der Waals surface area contributed by atoms with Crippen molar-refractivity contribution in [1.29, 1.82) is 0 Å². The molecule has 23 heavy (non-hydrogen) atoms. The molecule has 0 bridgehead atoms. The minimum absolute atomic E-state index is 0.0376. The molecule has 1 aliphatic rings. The van der Waals surface area contributed by atoms with Crippen LogP contribution in [0.25, 0.3) is 4.96 Å². The molecule has 11 heteroatoms. The van der Waals surface area contributed by atoms with E-state index in [-0.39, 0.29) is 11.9 Å². The average Bonchev–Trinajstić information content (AvgIpc) is 3.23. The first-order valence-electron chi connectivity index (χ1n) is 7.29. The Kier molecular flexibility index (Phi) is 3.73. The number of hydrogen-bond donors (Lipinski definition) is 0. The van der Waals surface area contributed by atoms with E-state index < -0.39 is 4.92 Å². The van der Waals surface area contributed by atoms with Crippen molar-refractivity contribution in [3.63, 3.8) is 0 Å². The van der Waals surface area contributed by atoms with Gasteiger partial charge in [0.15, 0.2) is 0 Å². The smallest absolute Gasteiger partial charge is 0.358 e. The molecule has 1 saturated carbocycles. The maximum Gasteiger partial charge on any atom is 0.363 e. The van der Waals surface area contributed by atoms with E-state index in [1.165, 1.54) is 22.2 Å². The van der Waals surface area contributed by atoms with Gasteiger partial charge in [-0.15, -0.1) is 5.10 Å². The zero-order valence-corrected chi connectivity index (χ0v) is 13.7. The molecule has 3 heterocycles. The number of hydrogen-bond acceptors (Lipinski definition) is 8. The number of aromatic nitrogens is 6. The highest BCUT2D eigenvalue weighted by molar-refractivity contribution is 7.99. The Morgan fingerprint density at radius 2 is 2.17 bits per heavy atom. The molecule has 0 aromatic carbocycles. The van der Waals surface area contributed by atoms with Crippen LogP contribution in [0.4, 0.5) is 5.82 Å². The summed E-state index contributed by atoms with van der Waals surface area (Å²) in [6, 6.07) is 0.268. The summed E-state index contributed by atoms with van der Waals surface area (Å²) in [4.78, 5) is 15.9. The van der Waals surface area contributed by atoms with Gasteiger partial charge in [-0.1, -0.05) is 30.6 Å². The highest BCUT2D eigenvalue weighted by atomic mass is 32.2. The fraction of sp³-hybridized carbons (Fsp3) is 0.500. The summed E-state index contributed by atoms with van der Waals surface area (Å²) < 4.78 is 3.28. The van der Waals surface area contributed by atoms with E-state index in [0.717, 1.165) is 37.4 Å². The molecule has 9 nitrogen and oxygen atoms in total. The van der Waals surface area contributed by atoms with Gasteiger partial charge < -0.3 is 10.1 Å². The first-order chi connectivity index (χ1) is 11.2. The van der Waals surface area contributed by atoms with Gasteiger partial charge in [0.1, 0.15) is 6.20 Å². The van der Waals surface area contributed by atoms with Crippen LogP contribution in [0, 0.1) is 10.1 Å². The lowest BCUT2D eigenvalue weighted by Crippen LogP contribution is -2.15. The molecule has 0 N–H and O–H groups in total. The summed E-state index contributed by atoms with van der Waals surface area (Å²) in [5.41, 5.74) is 0. The fourth-order valence-electron chi connectivity index (χ4n) is 2.88. The summed E-state index contributed by atoms with van der Waals surface area (Å²) >= 11 is 2.52. The van der Waals surface area contributed by atoms with Gasteiger partial charge in [-0.25, -0.2) is 4.68 Å². The molecule has 1 fully saturated rings. The SMILES string of the molecule is O=[N+]([O-])c1c(Sc2nnnn2C2CCCCC2)nc2sccn12. The van der Waals surface area contributed by atoms with Crippen LogP contribution in [0.1, 0.15) is 38.1 Å². The third-order valence-electron chi connectivity index (χ3n) is 3.95. The predicted octanol–water partition coefficient (Wildman–Crippen LogP) is 2.95. The van der Waals surface area contributed by atoms with E-state index in [9.17, 15) is 10.1 Å². The summed E-state index contributed by atoms with van der Waals surface area (Å²) in [5, 5.41) is 25.9. The predicted molar refractivity (Wildman–Crippen MR) is 83.8 cm³/mol. The molecule has 0 unspecified atom stereocenters. The minimum atomic E-state index is -0.413. The summed E-state index contributed by atoms with van der Waals surface area (Å²) in [7, 11) is 0. The third kappa shape index (κ3) is 2.59. The topological polar surface area (TPSA) is 104 Å². The Labute approximate surface area is 138 Å². The van der Waals surface area contributed by atoms with Crippen LogP contribution < -0.4 is 0 Å². The number of rotatable bonds is 4. The molecule has 0 amide bonds. The van der Waals surface area contributed by atoms with Crippen LogP contribution in [0.5, 0.6) is 0 Å². The van der Waals surface area contributed by atoms with Crippen molar-refractivity contribution < 1.29 is 4.92 Å². The second-order valence-electron chi connectivity index (χ2n) is 5.35. The first kappa shape index (κ1) is 14.6.